The number of ether oxygens (including phenoxy) is 2. The van der Waals surface area contributed by atoms with Gasteiger partial charge in [-0.15, -0.1) is 0 Å². The molecule has 2 heterocycles. The minimum absolute atomic E-state index is 0.112. The highest BCUT2D eigenvalue weighted by Gasteiger charge is 2.13. The zero-order valence-electron chi connectivity index (χ0n) is 17.4. The normalized spacial score (nSPS) is 10.9. The zero-order valence-corrected chi connectivity index (χ0v) is 17.4. The van der Waals surface area contributed by atoms with Crippen molar-refractivity contribution in [1.29, 1.82) is 0 Å². The number of pyridine rings is 1. The van der Waals surface area contributed by atoms with E-state index in [9.17, 15) is 9.18 Å². The molecule has 0 aliphatic carbocycles. The molecule has 0 spiro atoms. The number of anilines is 1. The van der Waals surface area contributed by atoms with Crippen molar-refractivity contribution in [2.24, 2.45) is 0 Å². The number of nitrogens with one attached hydrogen (secondary N) is 1. The first-order chi connectivity index (χ1) is 15.5. The van der Waals surface area contributed by atoms with Crippen molar-refractivity contribution < 1.29 is 23.1 Å². The summed E-state index contributed by atoms with van der Waals surface area (Å²) < 4.78 is 30.3. The number of fused-ring (bicyclic) bond motifs is 1. The van der Waals surface area contributed by atoms with Crippen LogP contribution in [0.2, 0.25) is 0 Å². The van der Waals surface area contributed by atoms with E-state index >= 15 is 0 Å². The number of halogens is 1. The third-order valence-electron chi connectivity index (χ3n) is 4.84. The molecule has 0 unspecified atom stereocenters. The molecule has 3 N–H and O–H groups in total. The van der Waals surface area contributed by atoms with Gasteiger partial charge < -0.3 is 24.9 Å². The van der Waals surface area contributed by atoms with Gasteiger partial charge in [0.15, 0.2) is 0 Å². The molecule has 164 valence electrons. The summed E-state index contributed by atoms with van der Waals surface area (Å²) >= 11 is 0. The number of nitrogen functional groups attached to an aromatic ring is 1. The van der Waals surface area contributed by atoms with Gasteiger partial charge in [-0.25, -0.2) is 9.37 Å². The molecular weight excluding hydrogens is 413 g/mol. The maximum atomic E-state index is 13.8. The maximum absolute atomic E-state index is 13.8. The lowest BCUT2D eigenvalue weighted by Crippen LogP contribution is -2.24. The van der Waals surface area contributed by atoms with E-state index in [1.165, 1.54) is 6.07 Å². The number of methoxy groups -OCH3 is 1. The third-order valence-corrected chi connectivity index (χ3v) is 4.84. The zero-order chi connectivity index (χ0) is 22.5. The van der Waals surface area contributed by atoms with Gasteiger partial charge >= 0.3 is 0 Å². The maximum Gasteiger partial charge on any atom is 0.255 e. The van der Waals surface area contributed by atoms with Crippen LogP contribution in [-0.2, 0) is 24.5 Å². The lowest BCUT2D eigenvalue weighted by Gasteiger charge is -2.07. The number of aromatic nitrogens is 1. The number of carbonyl (C=O) groups excluding carboxylic acids is 1. The molecule has 8 heteroatoms. The second-order valence-corrected chi connectivity index (χ2v) is 7.14. The summed E-state index contributed by atoms with van der Waals surface area (Å²) in [6, 6.07) is 17.0. The molecule has 2 aromatic heterocycles. The number of rotatable bonds is 8. The van der Waals surface area contributed by atoms with Crippen molar-refractivity contribution in [3.8, 4) is 5.75 Å². The van der Waals surface area contributed by atoms with Crippen molar-refractivity contribution in [2.45, 2.75) is 19.8 Å². The fraction of sp³-hybridized carbons (Fsp3) is 0.167. The molecule has 4 rings (SSSR count). The van der Waals surface area contributed by atoms with Crippen LogP contribution < -0.4 is 15.8 Å². The average Bonchev–Trinajstić information content (AvgIpc) is 3.19. The number of furan rings is 1. The van der Waals surface area contributed by atoms with Crippen LogP contribution in [-0.4, -0.2) is 18.0 Å². The largest absolute Gasteiger partial charge is 0.489 e. The van der Waals surface area contributed by atoms with Gasteiger partial charge in [0.05, 0.1) is 24.4 Å². The highest BCUT2D eigenvalue weighted by Crippen LogP contribution is 2.25. The first kappa shape index (κ1) is 21.3. The number of carbonyl (C=O) groups is 1. The Bertz CT molecular complexity index is 1260. The highest BCUT2D eigenvalue weighted by atomic mass is 19.1. The van der Waals surface area contributed by atoms with E-state index in [4.69, 9.17) is 19.6 Å². The van der Waals surface area contributed by atoms with Gasteiger partial charge in [0, 0.05) is 24.1 Å². The van der Waals surface area contributed by atoms with Crippen LogP contribution in [0.4, 0.5) is 10.2 Å². The third kappa shape index (κ3) is 4.87. The van der Waals surface area contributed by atoms with E-state index in [0.717, 1.165) is 5.39 Å². The van der Waals surface area contributed by atoms with Gasteiger partial charge in [-0.3, -0.25) is 4.79 Å². The minimum Gasteiger partial charge on any atom is -0.489 e. The number of nitrogens with two attached hydrogens (primary N) is 1. The predicted molar refractivity (Wildman–Crippen MR) is 117 cm³/mol. The summed E-state index contributed by atoms with van der Waals surface area (Å²) in [4.78, 5) is 16.6. The SMILES string of the molecule is COCc1ccc(C(=O)NCc2cc3ccc(OCc4ccccc4F)cc3o2)c(N)n1. The first-order valence-electron chi connectivity index (χ1n) is 9.94. The monoisotopic (exact) mass is 435 g/mol. The summed E-state index contributed by atoms with van der Waals surface area (Å²) in [5, 5.41) is 3.64. The van der Waals surface area contributed by atoms with Gasteiger partial charge in [0.1, 0.15) is 35.3 Å². The Balaban J connectivity index is 1.40. The van der Waals surface area contributed by atoms with Gasteiger partial charge in [0.2, 0.25) is 0 Å². The van der Waals surface area contributed by atoms with Crippen LogP contribution in [0, 0.1) is 5.82 Å². The second kappa shape index (κ2) is 9.49. The molecule has 0 bridgehead atoms. The molecule has 32 heavy (non-hydrogen) atoms. The lowest BCUT2D eigenvalue weighted by atomic mass is 10.2. The van der Waals surface area contributed by atoms with E-state index in [1.54, 1.807) is 49.6 Å². The summed E-state index contributed by atoms with van der Waals surface area (Å²) in [6.45, 7) is 0.607. The summed E-state index contributed by atoms with van der Waals surface area (Å²) in [5.74, 6) is 0.600. The summed E-state index contributed by atoms with van der Waals surface area (Å²) in [5.41, 5.74) is 7.89. The Morgan fingerprint density at radius 1 is 1.12 bits per heavy atom. The highest BCUT2D eigenvalue weighted by molar-refractivity contribution is 5.98. The Morgan fingerprint density at radius 3 is 2.75 bits per heavy atom. The molecular formula is C24H22FN3O4. The molecule has 2 aromatic carbocycles. The van der Waals surface area contributed by atoms with E-state index in [1.807, 2.05) is 12.1 Å². The van der Waals surface area contributed by atoms with Gasteiger partial charge in [-0.2, -0.15) is 0 Å². The summed E-state index contributed by atoms with van der Waals surface area (Å²) in [6.07, 6.45) is 0. The van der Waals surface area contributed by atoms with Crippen LogP contribution in [0.15, 0.2) is 65.1 Å². The quantitative estimate of drug-likeness (QED) is 0.430. The molecule has 0 aliphatic rings. The van der Waals surface area contributed by atoms with Crippen molar-refractivity contribution in [3.63, 3.8) is 0 Å². The average molecular weight is 435 g/mol. The lowest BCUT2D eigenvalue weighted by molar-refractivity contribution is 0.0948. The Hall–Kier alpha value is -3.91. The molecule has 0 saturated heterocycles. The van der Waals surface area contributed by atoms with Crippen LogP contribution >= 0.6 is 0 Å². The van der Waals surface area contributed by atoms with Crippen molar-refractivity contribution >= 4 is 22.7 Å². The number of hydrogen-bond donors (Lipinski definition) is 2. The summed E-state index contributed by atoms with van der Waals surface area (Å²) in [7, 11) is 1.56. The molecule has 0 fully saturated rings. The molecule has 0 saturated carbocycles. The van der Waals surface area contributed by atoms with E-state index in [2.05, 4.69) is 10.3 Å². The predicted octanol–water partition coefficient (Wildman–Crippen LogP) is 4.20. The van der Waals surface area contributed by atoms with Crippen LogP contribution in [0.25, 0.3) is 11.0 Å². The van der Waals surface area contributed by atoms with Crippen molar-refractivity contribution in [2.75, 3.05) is 12.8 Å². The number of nitrogens with zero attached hydrogens (tertiary/aromatic N) is 1. The van der Waals surface area contributed by atoms with Gasteiger partial charge in [-0.1, -0.05) is 18.2 Å². The fourth-order valence-corrected chi connectivity index (χ4v) is 3.22. The molecule has 4 aromatic rings. The standard InChI is InChI=1S/C24H22FN3O4/c1-30-14-17-7-9-20(23(26)28-17)24(29)27-12-19-10-15-6-8-18(11-22(15)32-19)31-13-16-4-2-3-5-21(16)25/h2-11H,12-14H2,1H3,(H2,26,28)(H,27,29). The Kier molecular flexibility index (Phi) is 6.32. The van der Waals surface area contributed by atoms with Crippen LogP contribution in [0.5, 0.6) is 5.75 Å². The molecule has 0 radical (unpaired) electrons. The Labute approximate surface area is 184 Å². The van der Waals surface area contributed by atoms with E-state index in [0.29, 0.717) is 35.0 Å². The molecule has 0 aliphatic heterocycles. The van der Waals surface area contributed by atoms with Gasteiger partial charge in [0.25, 0.3) is 5.91 Å². The van der Waals surface area contributed by atoms with E-state index in [-0.39, 0.29) is 36.3 Å². The number of benzene rings is 2. The molecule has 1 amide bonds. The molecule has 0 atom stereocenters. The number of amides is 1. The first-order valence-corrected chi connectivity index (χ1v) is 9.94. The van der Waals surface area contributed by atoms with Crippen LogP contribution in [0.3, 0.4) is 0 Å². The van der Waals surface area contributed by atoms with Crippen LogP contribution in [0.1, 0.15) is 27.4 Å². The van der Waals surface area contributed by atoms with Gasteiger partial charge in [-0.05, 0) is 36.4 Å². The van der Waals surface area contributed by atoms with E-state index < -0.39 is 0 Å². The fourth-order valence-electron chi connectivity index (χ4n) is 3.22. The topological polar surface area (TPSA) is 99.6 Å². The molecule has 7 nitrogen and oxygen atoms in total. The van der Waals surface area contributed by atoms with Crippen molar-refractivity contribution in [1.82, 2.24) is 10.3 Å². The smallest absolute Gasteiger partial charge is 0.255 e. The Morgan fingerprint density at radius 2 is 1.97 bits per heavy atom. The second-order valence-electron chi connectivity index (χ2n) is 7.14. The van der Waals surface area contributed by atoms with Crippen molar-refractivity contribution in [3.05, 3.63) is 89.1 Å². The minimum atomic E-state index is -0.353. The number of hydrogen-bond acceptors (Lipinski definition) is 6.